The Kier molecular flexibility index (Phi) is 8.67. The monoisotopic (exact) mass is 597 g/mol. The second-order valence-electron chi connectivity index (χ2n) is 7.12. The van der Waals surface area contributed by atoms with Gasteiger partial charge in [-0.1, -0.05) is 34.5 Å². The average molecular weight is 600 g/mol. The Morgan fingerprint density at radius 2 is 2.03 bits per heavy atom. The van der Waals surface area contributed by atoms with Gasteiger partial charge in [0.05, 0.1) is 28.2 Å². The van der Waals surface area contributed by atoms with Crippen LogP contribution in [-0.2, 0) is 16.0 Å². The van der Waals surface area contributed by atoms with E-state index >= 15 is 0 Å². The van der Waals surface area contributed by atoms with Crippen molar-refractivity contribution in [3.05, 3.63) is 66.0 Å². The molecule has 0 aliphatic carbocycles. The molecule has 0 saturated heterocycles. The lowest BCUT2D eigenvalue weighted by Crippen LogP contribution is -2.26. The maximum atomic E-state index is 13.2. The van der Waals surface area contributed by atoms with E-state index in [4.69, 9.17) is 21.1 Å². The summed E-state index contributed by atoms with van der Waals surface area (Å²) in [5, 5.41) is 5.31. The molecule has 0 aliphatic rings. The third-order valence-corrected chi connectivity index (χ3v) is 5.91. The molecular weight excluding hydrogens is 578 g/mol. The van der Waals surface area contributed by atoms with Gasteiger partial charge in [0.15, 0.2) is 6.10 Å². The van der Waals surface area contributed by atoms with E-state index < -0.39 is 12.1 Å². The Balaban J connectivity index is 2.09. The van der Waals surface area contributed by atoms with Crippen LogP contribution in [0.25, 0.3) is 10.9 Å². The first kappa shape index (κ1) is 25.4. The third kappa shape index (κ3) is 6.02. The van der Waals surface area contributed by atoms with Gasteiger partial charge in [-0.3, -0.25) is 4.79 Å². The maximum absolute atomic E-state index is 13.2. The number of aromatic nitrogens is 2. The number of ether oxygens (including phenoxy) is 2. The summed E-state index contributed by atoms with van der Waals surface area (Å²) in [6.45, 7) is 5.57. The van der Waals surface area contributed by atoms with Crippen molar-refractivity contribution in [3.8, 4) is 5.75 Å². The number of hydrogen-bond donors (Lipinski definition) is 0. The SMILES string of the molecule is CCCc1nc2ccc(Br)cc2c(=O)n1N=Cc1cc(Cl)cc(Br)c1O[C@H](C)C(=O)OCC. The molecule has 0 bridgehead atoms. The largest absolute Gasteiger partial charge is 0.477 e. The second-order valence-corrected chi connectivity index (χ2v) is 9.33. The van der Waals surface area contributed by atoms with E-state index in [9.17, 15) is 9.59 Å². The van der Waals surface area contributed by atoms with Gasteiger partial charge in [-0.05, 0) is 66.5 Å². The van der Waals surface area contributed by atoms with Gasteiger partial charge in [-0.2, -0.15) is 9.78 Å². The fourth-order valence-electron chi connectivity index (χ4n) is 3.10. The molecule has 2 aromatic carbocycles. The molecule has 33 heavy (non-hydrogen) atoms. The predicted octanol–water partition coefficient (Wildman–Crippen LogP) is 5.74. The van der Waals surface area contributed by atoms with E-state index in [1.165, 1.54) is 10.9 Å². The molecule has 1 atom stereocenters. The highest BCUT2D eigenvalue weighted by atomic mass is 79.9. The molecule has 1 heterocycles. The van der Waals surface area contributed by atoms with Gasteiger partial charge in [-0.15, -0.1) is 0 Å². The van der Waals surface area contributed by atoms with Crippen LogP contribution in [0.5, 0.6) is 5.75 Å². The van der Waals surface area contributed by atoms with Crippen molar-refractivity contribution < 1.29 is 14.3 Å². The number of fused-ring (bicyclic) bond motifs is 1. The maximum Gasteiger partial charge on any atom is 0.347 e. The number of aryl methyl sites for hydroxylation is 1. The highest BCUT2D eigenvalue weighted by Gasteiger charge is 2.20. The zero-order valence-electron chi connectivity index (χ0n) is 18.3. The van der Waals surface area contributed by atoms with Gasteiger partial charge < -0.3 is 9.47 Å². The number of hydrogen-bond acceptors (Lipinski definition) is 6. The van der Waals surface area contributed by atoms with Gasteiger partial charge in [-0.25, -0.2) is 9.78 Å². The van der Waals surface area contributed by atoms with Crippen molar-refractivity contribution >= 4 is 66.5 Å². The van der Waals surface area contributed by atoms with Crippen LogP contribution in [-0.4, -0.2) is 34.6 Å². The molecule has 3 aromatic rings. The Morgan fingerprint density at radius 3 is 2.73 bits per heavy atom. The zero-order valence-corrected chi connectivity index (χ0v) is 22.2. The van der Waals surface area contributed by atoms with Crippen LogP contribution in [0, 0.1) is 0 Å². The molecule has 0 aliphatic heterocycles. The first-order valence-corrected chi connectivity index (χ1v) is 12.3. The predicted molar refractivity (Wildman–Crippen MR) is 137 cm³/mol. The number of carbonyl (C=O) groups excluding carboxylic acids is 1. The highest BCUT2D eigenvalue weighted by molar-refractivity contribution is 9.10. The standard InChI is InChI=1S/C23H22Br2ClN3O4/c1-4-6-20-28-19-8-7-15(24)10-17(19)22(30)29(20)27-12-14-9-16(26)11-18(25)21(14)33-13(3)23(31)32-5-2/h7-13H,4-6H2,1-3H3/t13-/m1/s1. The van der Waals surface area contributed by atoms with Gasteiger partial charge in [0.1, 0.15) is 11.6 Å². The molecule has 0 unspecified atom stereocenters. The molecule has 174 valence electrons. The number of rotatable bonds is 8. The third-order valence-electron chi connectivity index (χ3n) is 4.61. The van der Waals surface area contributed by atoms with Crippen molar-refractivity contribution in [2.75, 3.05) is 6.61 Å². The molecule has 0 amide bonds. The summed E-state index contributed by atoms with van der Waals surface area (Å²) < 4.78 is 13.5. The summed E-state index contributed by atoms with van der Waals surface area (Å²) in [5.41, 5.74) is 0.801. The first-order chi connectivity index (χ1) is 15.7. The number of carbonyl (C=O) groups is 1. The molecule has 3 rings (SSSR count). The van der Waals surface area contributed by atoms with Crippen molar-refractivity contribution in [3.63, 3.8) is 0 Å². The normalized spacial score (nSPS) is 12.3. The average Bonchev–Trinajstić information content (AvgIpc) is 2.76. The Morgan fingerprint density at radius 1 is 1.27 bits per heavy atom. The Labute approximate surface area is 213 Å². The number of nitrogens with zero attached hydrogens (tertiary/aromatic N) is 3. The summed E-state index contributed by atoms with van der Waals surface area (Å²) in [6.07, 6.45) is 1.97. The lowest BCUT2D eigenvalue weighted by molar-refractivity contribution is -0.150. The summed E-state index contributed by atoms with van der Waals surface area (Å²) in [7, 11) is 0. The topological polar surface area (TPSA) is 82.8 Å². The number of halogens is 3. The Hall–Kier alpha value is -2.23. The van der Waals surface area contributed by atoms with Crippen LogP contribution in [0.15, 0.2) is 49.2 Å². The molecule has 0 saturated carbocycles. The minimum absolute atomic E-state index is 0.247. The lowest BCUT2D eigenvalue weighted by Gasteiger charge is -2.17. The molecule has 0 fully saturated rings. The van der Waals surface area contributed by atoms with E-state index in [0.29, 0.717) is 44.0 Å². The van der Waals surface area contributed by atoms with E-state index in [-0.39, 0.29) is 12.2 Å². The van der Waals surface area contributed by atoms with Gasteiger partial charge >= 0.3 is 5.97 Å². The van der Waals surface area contributed by atoms with Crippen molar-refractivity contribution in [1.82, 2.24) is 9.66 Å². The minimum Gasteiger partial charge on any atom is -0.477 e. The molecule has 0 radical (unpaired) electrons. The number of esters is 1. The molecule has 1 aromatic heterocycles. The van der Waals surface area contributed by atoms with Crippen LogP contribution in [0.4, 0.5) is 0 Å². The first-order valence-electron chi connectivity index (χ1n) is 10.3. The van der Waals surface area contributed by atoms with E-state index in [1.807, 2.05) is 13.0 Å². The summed E-state index contributed by atoms with van der Waals surface area (Å²) >= 11 is 13.1. The smallest absolute Gasteiger partial charge is 0.347 e. The zero-order chi connectivity index (χ0) is 24.1. The van der Waals surface area contributed by atoms with Crippen molar-refractivity contribution in [1.29, 1.82) is 0 Å². The van der Waals surface area contributed by atoms with Crippen molar-refractivity contribution in [2.45, 2.75) is 39.7 Å². The van der Waals surface area contributed by atoms with Crippen LogP contribution >= 0.6 is 43.5 Å². The fraction of sp³-hybridized carbons (Fsp3) is 0.304. The quantitative estimate of drug-likeness (QED) is 0.244. The van der Waals surface area contributed by atoms with Gasteiger partial charge in [0, 0.05) is 21.5 Å². The summed E-state index contributed by atoms with van der Waals surface area (Å²) in [6, 6.07) is 8.65. The summed E-state index contributed by atoms with van der Waals surface area (Å²) in [5.74, 6) is 0.398. The van der Waals surface area contributed by atoms with Crippen molar-refractivity contribution in [2.24, 2.45) is 5.10 Å². The fourth-order valence-corrected chi connectivity index (χ4v) is 4.39. The van der Waals surface area contributed by atoms with Crippen LogP contribution in [0.3, 0.4) is 0 Å². The molecular formula is C23H22Br2ClN3O4. The molecule has 0 spiro atoms. The molecule has 7 nitrogen and oxygen atoms in total. The number of benzene rings is 2. The van der Waals surface area contributed by atoms with E-state index in [1.54, 1.807) is 38.1 Å². The van der Waals surface area contributed by atoms with Gasteiger partial charge in [0.2, 0.25) is 0 Å². The van der Waals surface area contributed by atoms with Crippen LogP contribution in [0.2, 0.25) is 5.02 Å². The van der Waals surface area contributed by atoms with E-state index in [0.717, 1.165) is 10.9 Å². The molecule has 0 N–H and O–H groups in total. The summed E-state index contributed by atoms with van der Waals surface area (Å²) in [4.78, 5) is 29.9. The molecule has 10 heteroatoms. The highest BCUT2D eigenvalue weighted by Crippen LogP contribution is 2.33. The van der Waals surface area contributed by atoms with Crippen LogP contribution in [0.1, 0.15) is 38.6 Å². The van der Waals surface area contributed by atoms with E-state index in [2.05, 4.69) is 41.9 Å². The van der Waals surface area contributed by atoms with Crippen LogP contribution < -0.4 is 10.3 Å². The Bertz CT molecular complexity index is 1280. The van der Waals surface area contributed by atoms with Gasteiger partial charge in [0.25, 0.3) is 5.56 Å². The second kappa shape index (κ2) is 11.3. The lowest BCUT2D eigenvalue weighted by atomic mass is 10.2. The minimum atomic E-state index is -0.854.